The van der Waals surface area contributed by atoms with Gasteiger partial charge in [-0.3, -0.25) is 5.10 Å². The molecule has 0 bridgehead atoms. The van der Waals surface area contributed by atoms with Crippen LogP contribution in [-0.4, -0.2) is 43.5 Å². The van der Waals surface area contributed by atoms with Crippen LogP contribution in [0.1, 0.15) is 44.7 Å². The molecule has 0 atom stereocenters. The summed E-state index contributed by atoms with van der Waals surface area (Å²) in [5.41, 5.74) is 1.99. The Morgan fingerprint density at radius 1 is 1.28 bits per heavy atom. The highest BCUT2D eigenvalue weighted by molar-refractivity contribution is 7.17. The van der Waals surface area contributed by atoms with Crippen LogP contribution in [0.2, 0.25) is 0 Å². The van der Waals surface area contributed by atoms with Crippen molar-refractivity contribution in [1.29, 1.82) is 0 Å². The van der Waals surface area contributed by atoms with Gasteiger partial charge in [0, 0.05) is 17.8 Å². The SMILES string of the molecule is CCC1CCC(Nc2nc(Nc3cc(C)[nH]n3)c3sccc3n2)CC1.O=C(O)C(F)(F)F. The van der Waals surface area contributed by atoms with E-state index in [9.17, 15) is 13.2 Å². The van der Waals surface area contributed by atoms with Gasteiger partial charge in [0.1, 0.15) is 0 Å². The zero-order chi connectivity index (χ0) is 23.3. The summed E-state index contributed by atoms with van der Waals surface area (Å²) in [5, 5.41) is 23.3. The van der Waals surface area contributed by atoms with Crippen LogP contribution in [0.4, 0.5) is 30.8 Å². The highest BCUT2D eigenvalue weighted by Gasteiger charge is 2.38. The second kappa shape index (κ2) is 10.2. The Labute approximate surface area is 186 Å². The van der Waals surface area contributed by atoms with E-state index in [1.54, 1.807) is 11.3 Å². The van der Waals surface area contributed by atoms with Crippen molar-refractivity contribution in [2.45, 2.75) is 58.2 Å². The summed E-state index contributed by atoms with van der Waals surface area (Å²) in [4.78, 5) is 18.3. The number of halogens is 3. The minimum absolute atomic E-state index is 0.472. The molecule has 0 radical (unpaired) electrons. The maximum atomic E-state index is 10.6. The summed E-state index contributed by atoms with van der Waals surface area (Å²) >= 11 is 1.64. The molecule has 0 amide bonds. The number of aliphatic carboxylic acids is 1. The molecule has 1 saturated carbocycles. The summed E-state index contributed by atoms with van der Waals surface area (Å²) in [6.07, 6.45) is 1.20. The Hall–Kier alpha value is -2.89. The first-order chi connectivity index (χ1) is 15.2. The molecule has 4 rings (SSSR count). The first-order valence-corrected chi connectivity index (χ1v) is 11.1. The molecule has 4 N–H and O–H groups in total. The van der Waals surface area contributed by atoms with E-state index in [2.05, 4.69) is 33.1 Å². The van der Waals surface area contributed by atoms with E-state index in [0.29, 0.717) is 12.0 Å². The van der Waals surface area contributed by atoms with Crippen molar-refractivity contribution >= 4 is 45.1 Å². The fraction of sp³-hybridized carbons (Fsp3) is 0.500. The van der Waals surface area contributed by atoms with Gasteiger partial charge in [0.2, 0.25) is 5.95 Å². The molecule has 3 aromatic rings. The standard InChI is InChI=1S/C18H24N6S.C2HF3O2/c1-3-12-4-6-13(7-5-12)19-18-20-14-8-9-25-16(14)17(22-18)21-15-10-11(2)23-24-15;3-2(4,5)1(6)7/h8-10,12-13H,3-7H2,1-2H3,(H3,19,20,21,22,23,24);(H,6,7). The summed E-state index contributed by atoms with van der Waals surface area (Å²) < 4.78 is 32.8. The average molecular weight is 471 g/mol. The first-order valence-electron chi connectivity index (χ1n) is 10.3. The number of fused-ring (bicyclic) bond motifs is 1. The number of aromatic amines is 1. The Morgan fingerprint density at radius 3 is 2.53 bits per heavy atom. The minimum Gasteiger partial charge on any atom is -0.475 e. The van der Waals surface area contributed by atoms with Gasteiger partial charge < -0.3 is 15.7 Å². The molecular weight excluding hydrogens is 445 g/mol. The number of nitrogens with zero attached hydrogens (tertiary/aromatic N) is 3. The number of thiophene rings is 1. The summed E-state index contributed by atoms with van der Waals surface area (Å²) in [7, 11) is 0. The molecule has 12 heteroatoms. The van der Waals surface area contributed by atoms with E-state index < -0.39 is 12.1 Å². The van der Waals surface area contributed by atoms with Crippen LogP contribution in [0, 0.1) is 12.8 Å². The van der Waals surface area contributed by atoms with Gasteiger partial charge in [-0.2, -0.15) is 23.3 Å². The minimum atomic E-state index is -5.08. The van der Waals surface area contributed by atoms with E-state index >= 15 is 0 Å². The van der Waals surface area contributed by atoms with Crippen molar-refractivity contribution in [3.05, 3.63) is 23.2 Å². The fourth-order valence-electron chi connectivity index (χ4n) is 3.51. The van der Waals surface area contributed by atoms with Gasteiger partial charge in [-0.25, -0.2) is 9.78 Å². The van der Waals surface area contributed by atoms with E-state index in [1.807, 2.05) is 19.1 Å². The second-order valence-electron chi connectivity index (χ2n) is 7.67. The van der Waals surface area contributed by atoms with Crippen molar-refractivity contribution in [3.63, 3.8) is 0 Å². The number of carboxylic acids is 1. The summed E-state index contributed by atoms with van der Waals surface area (Å²) in [6.45, 7) is 4.28. The second-order valence-corrected chi connectivity index (χ2v) is 8.58. The maximum absolute atomic E-state index is 10.6. The molecule has 1 fully saturated rings. The fourth-order valence-corrected chi connectivity index (χ4v) is 4.29. The molecule has 0 saturated heterocycles. The lowest BCUT2D eigenvalue weighted by molar-refractivity contribution is -0.192. The molecular formula is C20H25F3N6O2S. The number of carboxylic acid groups (broad SMARTS) is 1. The van der Waals surface area contributed by atoms with Crippen molar-refractivity contribution in [1.82, 2.24) is 20.2 Å². The van der Waals surface area contributed by atoms with Crippen LogP contribution in [0.15, 0.2) is 17.5 Å². The van der Waals surface area contributed by atoms with Crippen LogP contribution in [-0.2, 0) is 4.79 Å². The molecule has 3 heterocycles. The van der Waals surface area contributed by atoms with Gasteiger partial charge in [-0.05, 0) is 50.0 Å². The van der Waals surface area contributed by atoms with Crippen LogP contribution in [0.5, 0.6) is 0 Å². The van der Waals surface area contributed by atoms with Gasteiger partial charge >= 0.3 is 12.1 Å². The molecule has 174 valence electrons. The molecule has 3 aromatic heterocycles. The maximum Gasteiger partial charge on any atom is 0.490 e. The van der Waals surface area contributed by atoms with E-state index in [4.69, 9.17) is 19.9 Å². The Bertz CT molecular complexity index is 1040. The number of carbonyl (C=O) groups is 1. The van der Waals surface area contributed by atoms with Crippen LogP contribution < -0.4 is 10.6 Å². The van der Waals surface area contributed by atoms with Gasteiger partial charge in [0.25, 0.3) is 0 Å². The largest absolute Gasteiger partial charge is 0.490 e. The van der Waals surface area contributed by atoms with Crippen molar-refractivity contribution in [2.75, 3.05) is 10.6 Å². The Kier molecular flexibility index (Phi) is 7.54. The number of aromatic nitrogens is 4. The normalized spacial score (nSPS) is 18.7. The van der Waals surface area contributed by atoms with Gasteiger partial charge in [-0.1, -0.05) is 13.3 Å². The van der Waals surface area contributed by atoms with Crippen molar-refractivity contribution in [2.24, 2.45) is 5.92 Å². The lowest BCUT2D eigenvalue weighted by Crippen LogP contribution is -2.26. The van der Waals surface area contributed by atoms with Crippen LogP contribution in [0.3, 0.4) is 0 Å². The zero-order valence-corrected chi connectivity index (χ0v) is 18.5. The molecule has 1 aliphatic carbocycles. The topological polar surface area (TPSA) is 116 Å². The van der Waals surface area contributed by atoms with Gasteiger partial charge in [0.15, 0.2) is 11.6 Å². The number of hydrogen-bond donors (Lipinski definition) is 4. The molecule has 32 heavy (non-hydrogen) atoms. The third kappa shape index (κ3) is 6.31. The molecule has 0 spiro atoms. The van der Waals surface area contributed by atoms with Crippen LogP contribution >= 0.6 is 11.3 Å². The average Bonchev–Trinajstić information content (AvgIpc) is 3.37. The predicted octanol–water partition coefficient (Wildman–Crippen LogP) is 5.48. The van der Waals surface area contributed by atoms with Crippen molar-refractivity contribution in [3.8, 4) is 0 Å². The van der Waals surface area contributed by atoms with E-state index in [1.165, 1.54) is 32.1 Å². The third-order valence-electron chi connectivity index (χ3n) is 5.26. The quantitative estimate of drug-likeness (QED) is 0.390. The number of rotatable bonds is 5. The van der Waals surface area contributed by atoms with Crippen molar-refractivity contribution < 1.29 is 23.1 Å². The van der Waals surface area contributed by atoms with E-state index in [-0.39, 0.29) is 0 Å². The van der Waals surface area contributed by atoms with Gasteiger partial charge in [0.05, 0.1) is 10.2 Å². The van der Waals surface area contributed by atoms with Gasteiger partial charge in [-0.15, -0.1) is 11.3 Å². The predicted molar refractivity (Wildman–Crippen MR) is 117 cm³/mol. The molecule has 0 aromatic carbocycles. The number of alkyl halides is 3. The molecule has 0 unspecified atom stereocenters. The number of aryl methyl sites for hydroxylation is 1. The summed E-state index contributed by atoms with van der Waals surface area (Å²) in [5.74, 6) is 0.433. The molecule has 8 nitrogen and oxygen atoms in total. The lowest BCUT2D eigenvalue weighted by atomic mass is 9.85. The number of H-pyrrole nitrogens is 1. The Balaban J connectivity index is 0.000000360. The zero-order valence-electron chi connectivity index (χ0n) is 17.7. The lowest BCUT2D eigenvalue weighted by Gasteiger charge is -2.28. The third-order valence-corrected chi connectivity index (χ3v) is 6.17. The number of anilines is 3. The Morgan fingerprint density at radius 2 is 1.97 bits per heavy atom. The highest BCUT2D eigenvalue weighted by Crippen LogP contribution is 2.31. The smallest absolute Gasteiger partial charge is 0.475 e. The summed E-state index contributed by atoms with van der Waals surface area (Å²) in [6, 6.07) is 4.49. The monoisotopic (exact) mass is 470 g/mol. The van der Waals surface area contributed by atoms with Crippen LogP contribution in [0.25, 0.3) is 10.2 Å². The first kappa shape index (κ1) is 23.8. The molecule has 0 aliphatic heterocycles. The number of hydrogen-bond acceptors (Lipinski definition) is 7. The molecule has 1 aliphatic rings. The highest BCUT2D eigenvalue weighted by atomic mass is 32.1. The number of nitrogens with one attached hydrogen (secondary N) is 3. The van der Waals surface area contributed by atoms with E-state index in [0.717, 1.165) is 33.5 Å².